The van der Waals surface area contributed by atoms with Gasteiger partial charge in [0.05, 0.1) is 0 Å². The van der Waals surface area contributed by atoms with E-state index in [1.807, 2.05) is 36.4 Å². The van der Waals surface area contributed by atoms with E-state index in [-0.39, 0.29) is 11.6 Å². The highest BCUT2D eigenvalue weighted by Gasteiger charge is 2.16. The zero-order valence-corrected chi connectivity index (χ0v) is 11.0. The van der Waals surface area contributed by atoms with Crippen LogP contribution in [0, 0.1) is 0 Å². The Kier molecular flexibility index (Phi) is 4.40. The Morgan fingerprint density at radius 3 is 1.55 bits per heavy atom. The maximum absolute atomic E-state index is 11.2. The third kappa shape index (κ3) is 3.18. The minimum absolute atomic E-state index is 0.0924. The van der Waals surface area contributed by atoms with Crippen molar-refractivity contribution in [3.8, 4) is 0 Å². The third-order valence-electron chi connectivity index (χ3n) is 2.88. The Hall–Kier alpha value is -2.74. The van der Waals surface area contributed by atoms with Crippen LogP contribution in [0.2, 0.25) is 0 Å². The van der Waals surface area contributed by atoms with Crippen molar-refractivity contribution in [3.05, 3.63) is 90.0 Å². The molecular weight excluding hydrogens is 248 g/mol. The molecule has 2 aromatic rings. The van der Waals surface area contributed by atoms with Crippen LogP contribution in [0.5, 0.6) is 0 Å². The summed E-state index contributed by atoms with van der Waals surface area (Å²) >= 11 is 0. The van der Waals surface area contributed by atoms with Crippen LogP contribution in [0.3, 0.4) is 0 Å². The quantitative estimate of drug-likeness (QED) is 0.779. The van der Waals surface area contributed by atoms with Crippen molar-refractivity contribution in [1.29, 1.82) is 0 Å². The van der Waals surface area contributed by atoms with Crippen molar-refractivity contribution in [3.63, 3.8) is 0 Å². The predicted octanol–water partition coefficient (Wildman–Crippen LogP) is 3.95. The van der Waals surface area contributed by atoms with Gasteiger partial charge in [-0.05, 0) is 17.7 Å². The summed E-state index contributed by atoms with van der Waals surface area (Å²) in [5, 5.41) is 0. The summed E-state index contributed by atoms with van der Waals surface area (Å²) in [5.41, 5.74) is 2.18. The number of rotatable bonds is 1. The lowest BCUT2D eigenvalue weighted by molar-refractivity contribution is 0.0994. The molecule has 0 saturated carbocycles. The van der Waals surface area contributed by atoms with Crippen LogP contribution in [0.25, 0.3) is 6.08 Å². The van der Waals surface area contributed by atoms with Gasteiger partial charge in [0.25, 0.3) is 0 Å². The van der Waals surface area contributed by atoms with Gasteiger partial charge in [0.2, 0.25) is 0 Å². The molecule has 2 nitrogen and oxygen atoms in total. The van der Waals surface area contributed by atoms with Crippen molar-refractivity contribution in [2.45, 2.75) is 0 Å². The van der Waals surface area contributed by atoms with E-state index >= 15 is 0 Å². The van der Waals surface area contributed by atoms with Gasteiger partial charge in [0.15, 0.2) is 11.6 Å². The number of carbonyl (C=O) groups excluding carboxylic acids is 2. The molecule has 2 aromatic carbocycles. The predicted molar refractivity (Wildman–Crippen MR) is 80.8 cm³/mol. The Morgan fingerprint density at radius 1 is 0.700 bits per heavy atom. The van der Waals surface area contributed by atoms with Crippen LogP contribution in [0.4, 0.5) is 0 Å². The van der Waals surface area contributed by atoms with E-state index in [1.54, 1.807) is 24.3 Å². The second-order valence-corrected chi connectivity index (χ2v) is 4.22. The molecule has 2 heteroatoms. The second-order valence-electron chi connectivity index (χ2n) is 4.22. The van der Waals surface area contributed by atoms with Crippen LogP contribution in [0.1, 0.15) is 26.3 Å². The first kappa shape index (κ1) is 13.7. The molecule has 0 radical (unpaired) electrons. The van der Waals surface area contributed by atoms with E-state index in [0.29, 0.717) is 11.1 Å². The minimum atomic E-state index is -0.0924. The van der Waals surface area contributed by atoms with E-state index < -0.39 is 0 Å². The number of carbonyl (C=O) groups is 2. The first-order valence-electron chi connectivity index (χ1n) is 6.25. The standard InChI is InChI=1S/C10H6O2.C8H8/c11-9-5-6-10(12)8-4-2-1-3-7(8)9;1-2-8-6-4-3-5-7-8/h1-6H;2-7H,1H2. The molecule has 0 N–H and O–H groups in total. The second kappa shape index (κ2) is 6.43. The summed E-state index contributed by atoms with van der Waals surface area (Å²) in [6.07, 6.45) is 4.45. The minimum Gasteiger partial charge on any atom is -0.289 e. The van der Waals surface area contributed by atoms with Gasteiger partial charge in [-0.3, -0.25) is 9.59 Å². The maximum Gasteiger partial charge on any atom is 0.186 e. The van der Waals surface area contributed by atoms with Gasteiger partial charge >= 0.3 is 0 Å². The van der Waals surface area contributed by atoms with Gasteiger partial charge in [-0.1, -0.05) is 67.3 Å². The smallest absolute Gasteiger partial charge is 0.186 e. The summed E-state index contributed by atoms with van der Waals surface area (Å²) in [4.78, 5) is 22.4. The fourth-order valence-corrected chi connectivity index (χ4v) is 1.83. The van der Waals surface area contributed by atoms with E-state index in [9.17, 15) is 9.59 Å². The molecule has 0 heterocycles. The van der Waals surface area contributed by atoms with Crippen molar-refractivity contribution >= 4 is 17.6 Å². The number of allylic oxidation sites excluding steroid dienone is 2. The van der Waals surface area contributed by atoms with E-state index in [2.05, 4.69) is 6.58 Å². The van der Waals surface area contributed by atoms with Crippen LogP contribution < -0.4 is 0 Å². The normalized spacial score (nSPS) is 12.2. The van der Waals surface area contributed by atoms with Gasteiger partial charge in [0.1, 0.15) is 0 Å². The maximum atomic E-state index is 11.2. The average molecular weight is 262 g/mol. The Labute approximate surface area is 118 Å². The first-order valence-corrected chi connectivity index (χ1v) is 6.25. The van der Waals surface area contributed by atoms with E-state index in [1.165, 1.54) is 17.7 Å². The molecule has 0 aromatic heterocycles. The van der Waals surface area contributed by atoms with Gasteiger partial charge in [-0.15, -0.1) is 0 Å². The topological polar surface area (TPSA) is 34.1 Å². The Balaban J connectivity index is 0.000000160. The zero-order valence-electron chi connectivity index (χ0n) is 11.0. The number of hydrogen-bond donors (Lipinski definition) is 0. The fourth-order valence-electron chi connectivity index (χ4n) is 1.83. The van der Waals surface area contributed by atoms with Gasteiger partial charge in [-0.25, -0.2) is 0 Å². The third-order valence-corrected chi connectivity index (χ3v) is 2.88. The molecule has 3 rings (SSSR count). The molecule has 0 spiro atoms. The van der Waals surface area contributed by atoms with Crippen molar-refractivity contribution in [2.24, 2.45) is 0 Å². The summed E-state index contributed by atoms with van der Waals surface area (Å²) in [6.45, 7) is 3.63. The number of benzene rings is 2. The molecule has 0 saturated heterocycles. The van der Waals surface area contributed by atoms with Crippen LogP contribution in [-0.4, -0.2) is 11.6 Å². The lowest BCUT2D eigenvalue weighted by Crippen LogP contribution is -2.10. The molecule has 0 unspecified atom stereocenters. The molecule has 20 heavy (non-hydrogen) atoms. The van der Waals surface area contributed by atoms with Crippen LogP contribution >= 0.6 is 0 Å². The molecule has 0 amide bonds. The highest BCUT2D eigenvalue weighted by Crippen LogP contribution is 2.15. The number of hydrogen-bond acceptors (Lipinski definition) is 2. The number of fused-ring (bicyclic) bond motifs is 1. The molecule has 0 fully saturated rings. The highest BCUT2D eigenvalue weighted by molar-refractivity contribution is 6.21. The largest absolute Gasteiger partial charge is 0.289 e. The monoisotopic (exact) mass is 262 g/mol. The Bertz CT molecular complexity index is 630. The summed E-state index contributed by atoms with van der Waals surface area (Å²) in [6, 6.07) is 16.9. The molecule has 1 aliphatic rings. The molecule has 0 bridgehead atoms. The molecule has 0 atom stereocenters. The lowest BCUT2D eigenvalue weighted by atomic mass is 9.95. The molecular formula is C18H14O2. The van der Waals surface area contributed by atoms with E-state index in [0.717, 1.165) is 0 Å². The van der Waals surface area contributed by atoms with Crippen LogP contribution in [-0.2, 0) is 0 Å². The lowest BCUT2D eigenvalue weighted by Gasteiger charge is -2.06. The average Bonchev–Trinajstić information content (AvgIpc) is 2.53. The van der Waals surface area contributed by atoms with Gasteiger partial charge in [0, 0.05) is 11.1 Å². The first-order chi connectivity index (χ1) is 9.72. The number of ketones is 2. The van der Waals surface area contributed by atoms with Gasteiger partial charge < -0.3 is 0 Å². The molecule has 0 aliphatic heterocycles. The summed E-state index contributed by atoms with van der Waals surface area (Å²) in [7, 11) is 0. The van der Waals surface area contributed by atoms with E-state index in [4.69, 9.17) is 0 Å². The van der Waals surface area contributed by atoms with Crippen molar-refractivity contribution < 1.29 is 9.59 Å². The zero-order chi connectivity index (χ0) is 14.4. The van der Waals surface area contributed by atoms with Crippen molar-refractivity contribution in [1.82, 2.24) is 0 Å². The Morgan fingerprint density at radius 2 is 1.15 bits per heavy atom. The van der Waals surface area contributed by atoms with Crippen molar-refractivity contribution in [2.75, 3.05) is 0 Å². The van der Waals surface area contributed by atoms with Gasteiger partial charge in [-0.2, -0.15) is 0 Å². The summed E-state index contributed by atoms with van der Waals surface area (Å²) in [5.74, 6) is -0.185. The molecule has 1 aliphatic carbocycles. The SMILES string of the molecule is C=Cc1ccccc1.O=C1C=CC(=O)c2ccccc21. The molecule has 98 valence electrons. The fraction of sp³-hybridized carbons (Fsp3) is 0. The van der Waals surface area contributed by atoms with Crippen LogP contribution in [0.15, 0.2) is 73.3 Å². The highest BCUT2D eigenvalue weighted by atomic mass is 16.1. The summed E-state index contributed by atoms with van der Waals surface area (Å²) < 4.78 is 0.